The fourth-order valence-corrected chi connectivity index (χ4v) is 3.00. The van der Waals surface area contributed by atoms with Gasteiger partial charge in [0.2, 0.25) is 0 Å². The Morgan fingerprint density at radius 1 is 1.28 bits per heavy atom. The SMILES string of the molecule is CC1(C)CCCN(c2c(Cl)cccc2CO)CC1. The summed E-state index contributed by atoms with van der Waals surface area (Å²) in [4.78, 5) is 2.34. The van der Waals surface area contributed by atoms with Crippen molar-refractivity contribution in [1.29, 1.82) is 0 Å². The van der Waals surface area contributed by atoms with Gasteiger partial charge in [-0.3, -0.25) is 0 Å². The molecule has 0 spiro atoms. The van der Waals surface area contributed by atoms with Crippen LogP contribution in [-0.2, 0) is 6.61 Å². The zero-order valence-electron chi connectivity index (χ0n) is 11.2. The predicted octanol–water partition coefficient (Wildman–Crippen LogP) is 3.85. The molecule has 1 aliphatic rings. The highest BCUT2D eigenvalue weighted by atomic mass is 35.5. The van der Waals surface area contributed by atoms with Crippen molar-refractivity contribution in [2.24, 2.45) is 5.41 Å². The molecule has 2 nitrogen and oxygen atoms in total. The van der Waals surface area contributed by atoms with E-state index in [1.165, 1.54) is 19.3 Å². The van der Waals surface area contributed by atoms with Gasteiger partial charge in [0.25, 0.3) is 0 Å². The normalized spacial score (nSPS) is 19.7. The summed E-state index contributed by atoms with van der Waals surface area (Å²) in [5.41, 5.74) is 2.37. The molecule has 0 aromatic heterocycles. The Labute approximate surface area is 115 Å². The van der Waals surface area contributed by atoms with E-state index in [4.69, 9.17) is 11.6 Å². The zero-order valence-corrected chi connectivity index (χ0v) is 12.0. The molecule has 1 heterocycles. The van der Waals surface area contributed by atoms with Crippen LogP contribution in [0.3, 0.4) is 0 Å². The third kappa shape index (κ3) is 2.99. The highest BCUT2D eigenvalue weighted by Crippen LogP contribution is 2.35. The van der Waals surface area contributed by atoms with Crippen LogP contribution in [0.5, 0.6) is 0 Å². The van der Waals surface area contributed by atoms with Crippen molar-refractivity contribution in [3.63, 3.8) is 0 Å². The maximum Gasteiger partial charge on any atom is 0.0702 e. The first-order valence-electron chi connectivity index (χ1n) is 6.67. The molecule has 0 unspecified atom stereocenters. The van der Waals surface area contributed by atoms with Crippen molar-refractivity contribution in [3.05, 3.63) is 28.8 Å². The molecule has 1 saturated heterocycles. The molecule has 1 aliphatic heterocycles. The maximum absolute atomic E-state index is 9.46. The summed E-state index contributed by atoms with van der Waals surface area (Å²) < 4.78 is 0. The lowest BCUT2D eigenvalue weighted by Gasteiger charge is -2.27. The van der Waals surface area contributed by atoms with Crippen LogP contribution in [0.25, 0.3) is 0 Å². The fourth-order valence-electron chi connectivity index (χ4n) is 2.69. The van der Waals surface area contributed by atoms with Crippen LogP contribution in [-0.4, -0.2) is 18.2 Å². The van der Waals surface area contributed by atoms with Gasteiger partial charge in [0.15, 0.2) is 0 Å². The Morgan fingerprint density at radius 3 is 2.78 bits per heavy atom. The average molecular weight is 268 g/mol. The van der Waals surface area contributed by atoms with E-state index in [9.17, 15) is 5.11 Å². The number of aliphatic hydroxyl groups excluding tert-OH is 1. The number of para-hydroxylation sites is 1. The predicted molar refractivity (Wildman–Crippen MR) is 77.2 cm³/mol. The third-order valence-corrected chi connectivity index (χ3v) is 4.20. The number of hydrogen-bond donors (Lipinski definition) is 1. The molecule has 0 saturated carbocycles. The number of aliphatic hydroxyl groups is 1. The molecular weight excluding hydrogens is 246 g/mol. The van der Waals surface area contributed by atoms with Crippen molar-refractivity contribution < 1.29 is 5.11 Å². The monoisotopic (exact) mass is 267 g/mol. The largest absolute Gasteiger partial charge is 0.392 e. The third-order valence-electron chi connectivity index (χ3n) is 3.90. The van der Waals surface area contributed by atoms with Gasteiger partial charge < -0.3 is 10.0 Å². The zero-order chi connectivity index (χ0) is 13.2. The summed E-state index contributed by atoms with van der Waals surface area (Å²) in [5.74, 6) is 0. The van der Waals surface area contributed by atoms with Gasteiger partial charge in [-0.15, -0.1) is 0 Å². The lowest BCUT2D eigenvalue weighted by Crippen LogP contribution is -2.26. The van der Waals surface area contributed by atoms with Crippen molar-refractivity contribution in [3.8, 4) is 0 Å². The molecule has 0 amide bonds. The quantitative estimate of drug-likeness (QED) is 0.880. The van der Waals surface area contributed by atoms with Gasteiger partial charge in [-0.25, -0.2) is 0 Å². The smallest absolute Gasteiger partial charge is 0.0702 e. The van der Waals surface area contributed by atoms with Crippen LogP contribution in [0.1, 0.15) is 38.7 Å². The lowest BCUT2D eigenvalue weighted by atomic mass is 9.85. The van der Waals surface area contributed by atoms with Gasteiger partial charge >= 0.3 is 0 Å². The van der Waals surface area contributed by atoms with Crippen molar-refractivity contribution in [2.45, 2.75) is 39.7 Å². The lowest BCUT2D eigenvalue weighted by molar-refractivity contribution is 0.282. The van der Waals surface area contributed by atoms with Crippen LogP contribution in [0.2, 0.25) is 5.02 Å². The van der Waals surface area contributed by atoms with Crippen LogP contribution >= 0.6 is 11.6 Å². The minimum absolute atomic E-state index is 0.0514. The molecule has 0 bridgehead atoms. The van der Waals surface area contributed by atoms with E-state index >= 15 is 0 Å². The molecule has 3 heteroatoms. The van der Waals surface area contributed by atoms with E-state index < -0.39 is 0 Å². The molecule has 1 fully saturated rings. The number of halogens is 1. The van der Waals surface area contributed by atoms with Gasteiger partial charge in [0.1, 0.15) is 0 Å². The average Bonchev–Trinajstić information content (AvgIpc) is 2.50. The van der Waals surface area contributed by atoms with E-state index in [0.717, 1.165) is 29.4 Å². The fraction of sp³-hybridized carbons (Fsp3) is 0.600. The Kier molecular flexibility index (Phi) is 4.18. The summed E-state index contributed by atoms with van der Waals surface area (Å²) in [5, 5.41) is 10.2. The standard InChI is InChI=1S/C15H22ClNO/c1-15(2)7-4-9-17(10-8-15)14-12(11-18)5-3-6-13(14)16/h3,5-6,18H,4,7-11H2,1-2H3. The molecule has 0 aliphatic carbocycles. The summed E-state index contributed by atoms with van der Waals surface area (Å²) in [6.45, 7) is 6.76. The van der Waals surface area contributed by atoms with Crippen molar-refractivity contribution >= 4 is 17.3 Å². The number of rotatable bonds is 2. The Bertz CT molecular complexity index is 417. The van der Waals surface area contributed by atoms with E-state index in [0.29, 0.717) is 5.41 Å². The van der Waals surface area contributed by atoms with E-state index in [-0.39, 0.29) is 6.61 Å². The highest BCUT2D eigenvalue weighted by Gasteiger charge is 2.24. The second kappa shape index (κ2) is 5.50. The van der Waals surface area contributed by atoms with Gasteiger partial charge in [-0.1, -0.05) is 37.6 Å². The van der Waals surface area contributed by atoms with Crippen molar-refractivity contribution in [1.82, 2.24) is 0 Å². The maximum atomic E-state index is 9.46. The summed E-state index contributed by atoms with van der Waals surface area (Å²) in [6.07, 6.45) is 3.61. The molecule has 1 aromatic carbocycles. The van der Waals surface area contributed by atoms with Crippen LogP contribution in [0.4, 0.5) is 5.69 Å². The van der Waals surface area contributed by atoms with E-state index in [1.807, 2.05) is 18.2 Å². The number of benzene rings is 1. The van der Waals surface area contributed by atoms with Crippen LogP contribution in [0, 0.1) is 5.41 Å². The molecule has 0 atom stereocenters. The number of hydrogen-bond acceptors (Lipinski definition) is 2. The second-order valence-corrected chi connectivity index (χ2v) is 6.32. The highest BCUT2D eigenvalue weighted by molar-refractivity contribution is 6.33. The molecular formula is C15H22ClNO. The van der Waals surface area contributed by atoms with Crippen LogP contribution in [0.15, 0.2) is 18.2 Å². The first-order chi connectivity index (χ1) is 8.53. The number of anilines is 1. The summed E-state index contributed by atoms with van der Waals surface area (Å²) >= 11 is 6.31. The van der Waals surface area contributed by atoms with E-state index in [2.05, 4.69) is 18.7 Å². The van der Waals surface area contributed by atoms with Gasteiger partial charge in [-0.2, -0.15) is 0 Å². The van der Waals surface area contributed by atoms with Gasteiger partial charge in [0, 0.05) is 18.7 Å². The minimum Gasteiger partial charge on any atom is -0.392 e. The van der Waals surface area contributed by atoms with E-state index in [1.54, 1.807) is 0 Å². The second-order valence-electron chi connectivity index (χ2n) is 5.91. The molecule has 18 heavy (non-hydrogen) atoms. The number of nitrogens with zero attached hydrogens (tertiary/aromatic N) is 1. The molecule has 100 valence electrons. The first kappa shape index (κ1) is 13.7. The minimum atomic E-state index is 0.0514. The molecule has 0 radical (unpaired) electrons. The summed E-state index contributed by atoms with van der Waals surface area (Å²) in [6, 6.07) is 5.77. The molecule has 1 aromatic rings. The van der Waals surface area contributed by atoms with Gasteiger partial charge in [0.05, 0.1) is 17.3 Å². The van der Waals surface area contributed by atoms with Crippen molar-refractivity contribution in [2.75, 3.05) is 18.0 Å². The Balaban J connectivity index is 2.26. The van der Waals surface area contributed by atoms with Gasteiger partial charge in [-0.05, 0) is 30.7 Å². The Morgan fingerprint density at radius 2 is 2.06 bits per heavy atom. The Hall–Kier alpha value is -0.730. The molecule has 1 N–H and O–H groups in total. The first-order valence-corrected chi connectivity index (χ1v) is 7.04. The van der Waals surface area contributed by atoms with Crippen LogP contribution < -0.4 is 4.90 Å². The summed E-state index contributed by atoms with van der Waals surface area (Å²) in [7, 11) is 0. The molecule has 2 rings (SSSR count). The topological polar surface area (TPSA) is 23.5 Å².